The lowest BCUT2D eigenvalue weighted by Crippen LogP contribution is -2.57. The topological polar surface area (TPSA) is 75.7 Å². The highest BCUT2D eigenvalue weighted by molar-refractivity contribution is 8.00. The third-order valence-corrected chi connectivity index (χ3v) is 8.78. The van der Waals surface area contributed by atoms with Gasteiger partial charge in [-0.05, 0) is 49.8 Å². The van der Waals surface area contributed by atoms with Crippen molar-refractivity contribution in [2.24, 2.45) is 17.8 Å². The molecule has 1 N–H and O–H groups in total. The Morgan fingerprint density at radius 3 is 2.39 bits per heavy atom. The number of hydrogen-bond donors (Lipinski definition) is 1. The van der Waals surface area contributed by atoms with E-state index >= 15 is 0 Å². The molecule has 2 aliphatic heterocycles. The Hall–Kier alpha value is -1.86. The summed E-state index contributed by atoms with van der Waals surface area (Å²) in [5.41, 5.74) is -0.267. The number of fused-ring (bicyclic) bond motifs is 1. The maximum Gasteiger partial charge on any atom is 0.326 e. The molecule has 2 saturated heterocycles. The van der Waals surface area contributed by atoms with Gasteiger partial charge in [-0.3, -0.25) is 24.6 Å². The maximum atomic E-state index is 13.4. The SMILES string of the molecule is CCN1C(=O)C2C(c3ccc(SC4CCCCC4)cc3)N[C@@](CC(C)C)(C(=O)OC)C2C1=O. The van der Waals surface area contributed by atoms with Gasteiger partial charge in [-0.2, -0.15) is 0 Å². The number of nitrogens with zero attached hydrogens (tertiary/aromatic N) is 1. The highest BCUT2D eigenvalue weighted by Crippen LogP contribution is 2.51. The zero-order valence-electron chi connectivity index (χ0n) is 20.1. The predicted molar refractivity (Wildman–Crippen MR) is 129 cm³/mol. The van der Waals surface area contributed by atoms with E-state index in [9.17, 15) is 14.4 Å². The minimum Gasteiger partial charge on any atom is -0.468 e. The molecule has 1 saturated carbocycles. The monoisotopic (exact) mass is 472 g/mol. The van der Waals surface area contributed by atoms with E-state index in [2.05, 4.69) is 29.6 Å². The first-order valence-corrected chi connectivity index (χ1v) is 13.2. The number of amides is 2. The Kier molecular flexibility index (Phi) is 7.20. The van der Waals surface area contributed by atoms with Gasteiger partial charge in [-0.25, -0.2) is 0 Å². The van der Waals surface area contributed by atoms with Crippen molar-refractivity contribution < 1.29 is 19.1 Å². The van der Waals surface area contributed by atoms with Gasteiger partial charge in [0.25, 0.3) is 0 Å². The lowest BCUT2D eigenvalue weighted by Gasteiger charge is -2.33. The number of esters is 1. The van der Waals surface area contributed by atoms with Gasteiger partial charge in [-0.15, -0.1) is 11.8 Å². The van der Waals surface area contributed by atoms with Crippen LogP contribution in [0.3, 0.4) is 0 Å². The Morgan fingerprint density at radius 2 is 1.82 bits per heavy atom. The van der Waals surface area contributed by atoms with Gasteiger partial charge in [-0.1, -0.05) is 45.2 Å². The summed E-state index contributed by atoms with van der Waals surface area (Å²) in [4.78, 5) is 42.4. The van der Waals surface area contributed by atoms with Crippen LogP contribution < -0.4 is 5.32 Å². The van der Waals surface area contributed by atoms with Crippen molar-refractivity contribution in [3.05, 3.63) is 29.8 Å². The number of rotatable bonds is 7. The molecule has 4 atom stereocenters. The molecule has 0 spiro atoms. The van der Waals surface area contributed by atoms with Crippen molar-refractivity contribution in [3.63, 3.8) is 0 Å². The van der Waals surface area contributed by atoms with Crippen LogP contribution in [0.15, 0.2) is 29.2 Å². The Morgan fingerprint density at radius 1 is 1.15 bits per heavy atom. The van der Waals surface area contributed by atoms with Crippen LogP contribution in [0.1, 0.15) is 70.9 Å². The molecular formula is C26H36N2O4S. The highest BCUT2D eigenvalue weighted by atomic mass is 32.2. The van der Waals surface area contributed by atoms with E-state index in [1.165, 1.54) is 49.0 Å². The van der Waals surface area contributed by atoms with E-state index in [1.54, 1.807) is 6.92 Å². The summed E-state index contributed by atoms with van der Waals surface area (Å²) < 4.78 is 5.20. The largest absolute Gasteiger partial charge is 0.468 e. The Labute approximate surface area is 201 Å². The summed E-state index contributed by atoms with van der Waals surface area (Å²) in [5, 5.41) is 4.13. The second-order valence-electron chi connectivity index (χ2n) is 10.1. The molecule has 2 heterocycles. The van der Waals surface area contributed by atoms with Crippen LogP contribution in [0, 0.1) is 17.8 Å². The number of ether oxygens (including phenoxy) is 1. The molecule has 1 aromatic carbocycles. The molecule has 6 nitrogen and oxygen atoms in total. The minimum absolute atomic E-state index is 0.142. The van der Waals surface area contributed by atoms with E-state index in [4.69, 9.17) is 4.74 Å². The van der Waals surface area contributed by atoms with Gasteiger partial charge in [0.05, 0.1) is 18.9 Å². The number of thioether (sulfide) groups is 1. The van der Waals surface area contributed by atoms with Crippen molar-refractivity contribution in [2.75, 3.05) is 13.7 Å². The fourth-order valence-corrected chi connectivity index (χ4v) is 7.32. The molecule has 33 heavy (non-hydrogen) atoms. The molecule has 2 amide bonds. The third-order valence-electron chi connectivity index (χ3n) is 7.44. The first-order valence-electron chi connectivity index (χ1n) is 12.3. The molecule has 0 radical (unpaired) electrons. The van der Waals surface area contributed by atoms with Crippen LogP contribution in [0.2, 0.25) is 0 Å². The van der Waals surface area contributed by atoms with Crippen molar-refractivity contribution in [1.82, 2.24) is 10.2 Å². The van der Waals surface area contributed by atoms with Crippen LogP contribution >= 0.6 is 11.8 Å². The number of hydrogen-bond acceptors (Lipinski definition) is 6. The number of carbonyl (C=O) groups is 3. The Balaban J connectivity index is 1.67. The zero-order chi connectivity index (χ0) is 23.8. The molecule has 0 bridgehead atoms. The predicted octanol–water partition coefficient (Wildman–Crippen LogP) is 4.33. The Bertz CT molecular complexity index is 896. The summed E-state index contributed by atoms with van der Waals surface area (Å²) in [7, 11) is 1.35. The number of methoxy groups -OCH3 is 1. The number of carbonyl (C=O) groups excluding carboxylic acids is 3. The molecule has 7 heteroatoms. The first kappa shape index (κ1) is 24.3. The summed E-state index contributed by atoms with van der Waals surface area (Å²) in [5.74, 6) is -2.13. The van der Waals surface area contributed by atoms with E-state index in [1.807, 2.05) is 25.6 Å². The van der Waals surface area contributed by atoms with Crippen LogP contribution in [-0.4, -0.2) is 47.1 Å². The molecule has 3 unspecified atom stereocenters. The average Bonchev–Trinajstić information content (AvgIpc) is 3.27. The lowest BCUT2D eigenvalue weighted by atomic mass is 9.75. The summed E-state index contributed by atoms with van der Waals surface area (Å²) in [6.45, 7) is 6.15. The average molecular weight is 473 g/mol. The molecule has 4 rings (SSSR count). The van der Waals surface area contributed by atoms with Crippen molar-refractivity contribution >= 4 is 29.5 Å². The molecule has 0 aromatic heterocycles. The smallest absolute Gasteiger partial charge is 0.326 e. The fraction of sp³-hybridized carbons (Fsp3) is 0.654. The quantitative estimate of drug-likeness (QED) is 0.470. The number of imide groups is 1. The molecule has 3 fully saturated rings. The van der Waals surface area contributed by atoms with Crippen LogP contribution in [0.25, 0.3) is 0 Å². The number of benzene rings is 1. The first-order chi connectivity index (χ1) is 15.8. The third kappa shape index (κ3) is 4.34. The van der Waals surface area contributed by atoms with Gasteiger partial charge < -0.3 is 4.74 Å². The highest BCUT2D eigenvalue weighted by Gasteiger charge is 2.68. The van der Waals surface area contributed by atoms with Crippen LogP contribution in [-0.2, 0) is 19.1 Å². The second-order valence-corrected chi connectivity index (χ2v) is 11.4. The van der Waals surface area contributed by atoms with Gasteiger partial charge in [0, 0.05) is 22.7 Å². The van der Waals surface area contributed by atoms with Crippen molar-refractivity contribution in [1.29, 1.82) is 0 Å². The molecule has 3 aliphatic rings. The zero-order valence-corrected chi connectivity index (χ0v) is 21.0. The van der Waals surface area contributed by atoms with Gasteiger partial charge in [0.1, 0.15) is 5.54 Å². The fourth-order valence-electron chi connectivity index (χ4n) is 6.07. The van der Waals surface area contributed by atoms with E-state index in [0.29, 0.717) is 18.2 Å². The normalized spacial score (nSPS) is 30.2. The molecule has 180 valence electrons. The lowest BCUT2D eigenvalue weighted by molar-refractivity contribution is -0.155. The molecule has 1 aliphatic carbocycles. The minimum atomic E-state index is -1.20. The summed E-state index contributed by atoms with van der Waals surface area (Å²) >= 11 is 1.93. The van der Waals surface area contributed by atoms with E-state index < -0.39 is 29.4 Å². The van der Waals surface area contributed by atoms with E-state index in [0.717, 1.165) is 5.56 Å². The van der Waals surface area contributed by atoms with Gasteiger partial charge in [0.2, 0.25) is 11.8 Å². The molecular weight excluding hydrogens is 436 g/mol. The van der Waals surface area contributed by atoms with E-state index in [-0.39, 0.29) is 17.7 Å². The summed E-state index contributed by atoms with van der Waals surface area (Å²) in [6.07, 6.45) is 6.91. The summed E-state index contributed by atoms with van der Waals surface area (Å²) in [6, 6.07) is 7.92. The van der Waals surface area contributed by atoms with Crippen LogP contribution in [0.5, 0.6) is 0 Å². The van der Waals surface area contributed by atoms with Crippen LogP contribution in [0.4, 0.5) is 0 Å². The number of nitrogens with one attached hydrogen (secondary N) is 1. The van der Waals surface area contributed by atoms with Gasteiger partial charge in [0.15, 0.2) is 0 Å². The second kappa shape index (κ2) is 9.79. The maximum absolute atomic E-state index is 13.4. The van der Waals surface area contributed by atoms with Crippen molar-refractivity contribution in [3.8, 4) is 0 Å². The standard InChI is InChI=1S/C26H36N2O4S/c1-5-28-23(29)20-21(24(28)30)26(15-16(2)3,25(31)32-4)27-22(20)17-11-13-19(14-12-17)33-18-9-7-6-8-10-18/h11-14,16,18,20-22,27H,5-10,15H2,1-4H3/t20?,21?,22?,26-/m1/s1. The van der Waals surface area contributed by atoms with Crippen molar-refractivity contribution in [2.45, 2.75) is 81.0 Å². The van der Waals surface area contributed by atoms with Gasteiger partial charge >= 0.3 is 5.97 Å². The molecule has 1 aromatic rings. The number of likely N-dealkylation sites (tertiary alicyclic amines) is 1.